The molecular formula is C19H24O2. The van der Waals surface area contributed by atoms with Gasteiger partial charge >= 0.3 is 0 Å². The van der Waals surface area contributed by atoms with Gasteiger partial charge in [-0.25, -0.2) is 0 Å². The Morgan fingerprint density at radius 1 is 0.952 bits per heavy atom. The van der Waals surface area contributed by atoms with Crippen molar-refractivity contribution in [1.82, 2.24) is 0 Å². The van der Waals surface area contributed by atoms with Crippen molar-refractivity contribution in [2.24, 2.45) is 0 Å². The molecule has 0 amide bonds. The molecule has 0 aliphatic heterocycles. The van der Waals surface area contributed by atoms with Crippen molar-refractivity contribution in [3.63, 3.8) is 0 Å². The minimum Gasteiger partial charge on any atom is -0.504 e. The zero-order valence-electron chi connectivity index (χ0n) is 12.9. The number of phenolic OH excluding ortho intramolecular Hbond substituents is 1. The van der Waals surface area contributed by atoms with Crippen molar-refractivity contribution in [2.75, 3.05) is 0 Å². The van der Waals surface area contributed by atoms with E-state index in [9.17, 15) is 5.11 Å². The molecule has 2 aromatic rings. The van der Waals surface area contributed by atoms with Gasteiger partial charge in [0.2, 0.25) is 0 Å². The van der Waals surface area contributed by atoms with Crippen LogP contribution >= 0.6 is 0 Å². The molecule has 1 atom stereocenters. The maximum atomic E-state index is 9.85. The van der Waals surface area contributed by atoms with Crippen molar-refractivity contribution in [3.05, 3.63) is 54.1 Å². The van der Waals surface area contributed by atoms with Crippen LogP contribution in [0, 0.1) is 0 Å². The molecule has 0 bridgehead atoms. The molecule has 2 nitrogen and oxygen atoms in total. The molecule has 0 aliphatic rings. The Balaban J connectivity index is 2.15. The zero-order chi connectivity index (χ0) is 15.1. The second-order valence-corrected chi connectivity index (χ2v) is 5.50. The fraction of sp³-hybridized carbons (Fsp3) is 0.368. The highest BCUT2D eigenvalue weighted by Crippen LogP contribution is 2.36. The lowest BCUT2D eigenvalue weighted by molar-refractivity contribution is 0.406. The Hall–Kier alpha value is -1.96. The molecule has 0 radical (unpaired) electrons. The van der Waals surface area contributed by atoms with Crippen LogP contribution in [0.5, 0.6) is 17.2 Å². The molecule has 0 aromatic heterocycles. The van der Waals surface area contributed by atoms with Crippen LogP contribution in [-0.4, -0.2) is 5.11 Å². The number of benzene rings is 2. The number of phenols is 1. The normalized spacial score (nSPS) is 12.1. The van der Waals surface area contributed by atoms with E-state index in [1.54, 1.807) is 18.2 Å². The van der Waals surface area contributed by atoms with Crippen LogP contribution in [0.25, 0.3) is 0 Å². The SMILES string of the molecule is CCCCCC(C)c1ccccc1Oc1ccccc1O. The molecule has 1 N–H and O–H groups in total. The van der Waals surface area contributed by atoms with E-state index in [1.807, 2.05) is 24.3 Å². The number of rotatable bonds is 7. The average molecular weight is 284 g/mol. The van der Waals surface area contributed by atoms with E-state index in [2.05, 4.69) is 19.9 Å². The molecule has 2 heteroatoms. The molecule has 1 unspecified atom stereocenters. The van der Waals surface area contributed by atoms with Gasteiger partial charge < -0.3 is 9.84 Å². The maximum Gasteiger partial charge on any atom is 0.169 e. The van der Waals surface area contributed by atoms with Crippen molar-refractivity contribution >= 4 is 0 Å². The Morgan fingerprint density at radius 2 is 1.62 bits per heavy atom. The summed E-state index contributed by atoms with van der Waals surface area (Å²) < 4.78 is 5.92. The standard InChI is InChI=1S/C19H24O2/c1-3-4-5-10-15(2)16-11-6-8-13-18(16)21-19-14-9-7-12-17(19)20/h6-9,11-15,20H,3-5,10H2,1-2H3. The number of ether oxygens (including phenoxy) is 1. The van der Waals surface area contributed by atoms with Gasteiger partial charge in [0.15, 0.2) is 11.5 Å². The molecule has 0 saturated heterocycles. The van der Waals surface area contributed by atoms with Gasteiger partial charge in [-0.15, -0.1) is 0 Å². The van der Waals surface area contributed by atoms with E-state index < -0.39 is 0 Å². The molecule has 0 fully saturated rings. The third-order valence-electron chi connectivity index (χ3n) is 3.78. The number of hydrogen-bond donors (Lipinski definition) is 1. The fourth-order valence-corrected chi connectivity index (χ4v) is 2.50. The Bertz CT molecular complexity index is 563. The largest absolute Gasteiger partial charge is 0.504 e. The molecular weight excluding hydrogens is 260 g/mol. The highest BCUT2D eigenvalue weighted by Gasteiger charge is 2.12. The van der Waals surface area contributed by atoms with Crippen molar-refractivity contribution in [3.8, 4) is 17.2 Å². The van der Waals surface area contributed by atoms with E-state index in [4.69, 9.17) is 4.74 Å². The Morgan fingerprint density at radius 3 is 2.33 bits per heavy atom. The van der Waals surface area contributed by atoms with Crippen LogP contribution in [0.4, 0.5) is 0 Å². The molecule has 2 aromatic carbocycles. The lowest BCUT2D eigenvalue weighted by Gasteiger charge is -2.17. The fourth-order valence-electron chi connectivity index (χ4n) is 2.50. The topological polar surface area (TPSA) is 29.5 Å². The summed E-state index contributed by atoms with van der Waals surface area (Å²) in [7, 11) is 0. The molecule has 2 rings (SSSR count). The van der Waals surface area contributed by atoms with E-state index in [1.165, 1.54) is 24.8 Å². The Kier molecular flexibility index (Phi) is 5.68. The van der Waals surface area contributed by atoms with E-state index in [-0.39, 0.29) is 5.75 Å². The van der Waals surface area contributed by atoms with E-state index in [0.29, 0.717) is 11.7 Å². The van der Waals surface area contributed by atoms with Crippen LogP contribution < -0.4 is 4.74 Å². The first-order chi connectivity index (χ1) is 10.2. The first-order valence-electron chi connectivity index (χ1n) is 7.77. The summed E-state index contributed by atoms with van der Waals surface area (Å²) in [6.45, 7) is 4.46. The van der Waals surface area contributed by atoms with Crippen LogP contribution in [0.1, 0.15) is 51.0 Å². The third-order valence-corrected chi connectivity index (χ3v) is 3.78. The summed E-state index contributed by atoms with van der Waals surface area (Å²) in [6, 6.07) is 15.2. The summed E-state index contributed by atoms with van der Waals surface area (Å²) >= 11 is 0. The molecule has 0 heterocycles. The van der Waals surface area contributed by atoms with Crippen LogP contribution in [0.2, 0.25) is 0 Å². The van der Waals surface area contributed by atoms with Gasteiger partial charge in [-0.1, -0.05) is 63.4 Å². The minimum atomic E-state index is 0.172. The monoisotopic (exact) mass is 284 g/mol. The van der Waals surface area contributed by atoms with Gasteiger partial charge in [0.05, 0.1) is 0 Å². The maximum absolute atomic E-state index is 9.85. The van der Waals surface area contributed by atoms with Gasteiger partial charge in [-0.05, 0) is 36.1 Å². The summed E-state index contributed by atoms with van der Waals surface area (Å²) in [6.07, 6.45) is 4.91. The molecule has 112 valence electrons. The lowest BCUT2D eigenvalue weighted by Crippen LogP contribution is -1.97. The van der Waals surface area contributed by atoms with Gasteiger partial charge in [0.1, 0.15) is 5.75 Å². The quantitative estimate of drug-likeness (QED) is 0.644. The summed E-state index contributed by atoms with van der Waals surface area (Å²) in [5.41, 5.74) is 1.21. The van der Waals surface area contributed by atoms with Crippen LogP contribution in [-0.2, 0) is 0 Å². The van der Waals surface area contributed by atoms with Crippen LogP contribution in [0.15, 0.2) is 48.5 Å². The predicted octanol–water partition coefficient (Wildman–Crippen LogP) is 5.87. The number of aromatic hydroxyl groups is 1. The lowest BCUT2D eigenvalue weighted by atomic mass is 9.94. The number of hydrogen-bond acceptors (Lipinski definition) is 2. The third kappa shape index (κ3) is 4.25. The van der Waals surface area contributed by atoms with Crippen molar-refractivity contribution in [1.29, 1.82) is 0 Å². The Labute approximate surface area is 127 Å². The van der Waals surface area contributed by atoms with Crippen molar-refractivity contribution in [2.45, 2.75) is 45.4 Å². The second kappa shape index (κ2) is 7.72. The highest BCUT2D eigenvalue weighted by atomic mass is 16.5. The van der Waals surface area contributed by atoms with Gasteiger partial charge in [0, 0.05) is 0 Å². The first kappa shape index (κ1) is 15.4. The van der Waals surface area contributed by atoms with E-state index in [0.717, 1.165) is 12.2 Å². The number of para-hydroxylation sites is 3. The first-order valence-corrected chi connectivity index (χ1v) is 7.77. The van der Waals surface area contributed by atoms with Crippen LogP contribution in [0.3, 0.4) is 0 Å². The minimum absolute atomic E-state index is 0.172. The number of unbranched alkanes of at least 4 members (excludes halogenated alkanes) is 2. The molecule has 0 aliphatic carbocycles. The highest BCUT2D eigenvalue weighted by molar-refractivity contribution is 5.44. The zero-order valence-corrected chi connectivity index (χ0v) is 12.9. The summed E-state index contributed by atoms with van der Waals surface area (Å²) in [5, 5.41) is 9.85. The van der Waals surface area contributed by atoms with Gasteiger partial charge in [0.25, 0.3) is 0 Å². The molecule has 21 heavy (non-hydrogen) atoms. The second-order valence-electron chi connectivity index (χ2n) is 5.50. The van der Waals surface area contributed by atoms with Gasteiger partial charge in [-0.2, -0.15) is 0 Å². The van der Waals surface area contributed by atoms with Gasteiger partial charge in [-0.3, -0.25) is 0 Å². The van der Waals surface area contributed by atoms with Crippen molar-refractivity contribution < 1.29 is 9.84 Å². The smallest absolute Gasteiger partial charge is 0.169 e. The predicted molar refractivity (Wildman–Crippen MR) is 87.2 cm³/mol. The molecule has 0 saturated carbocycles. The average Bonchev–Trinajstić information content (AvgIpc) is 2.50. The summed E-state index contributed by atoms with van der Waals surface area (Å²) in [4.78, 5) is 0. The molecule has 0 spiro atoms. The van der Waals surface area contributed by atoms with E-state index >= 15 is 0 Å². The summed E-state index contributed by atoms with van der Waals surface area (Å²) in [5.74, 6) is 1.97.